The normalized spacial score (nSPS) is 11.5. The Morgan fingerprint density at radius 2 is 0.961 bits per heavy atom. The van der Waals surface area contributed by atoms with E-state index in [2.05, 4.69) is 187 Å². The maximum Gasteiger partial charge on any atom is 0.136 e. The van der Waals surface area contributed by atoms with Crippen molar-refractivity contribution >= 4 is 70.5 Å². The smallest absolute Gasteiger partial charge is 0.136 e. The molecule has 0 saturated carbocycles. The third kappa shape index (κ3) is 5.10. The molecular formula is C48H31NOS. The molecule has 2 heterocycles. The lowest BCUT2D eigenvalue weighted by atomic mass is 9.99. The van der Waals surface area contributed by atoms with E-state index in [0.717, 1.165) is 28.2 Å². The van der Waals surface area contributed by atoms with E-state index in [4.69, 9.17) is 4.42 Å². The Hall–Kier alpha value is -6.42. The fourth-order valence-electron chi connectivity index (χ4n) is 7.46. The van der Waals surface area contributed by atoms with Crippen LogP contribution in [0.1, 0.15) is 0 Å². The molecule has 240 valence electrons. The summed E-state index contributed by atoms with van der Waals surface area (Å²) in [6.45, 7) is 0. The van der Waals surface area contributed by atoms with E-state index >= 15 is 0 Å². The summed E-state index contributed by atoms with van der Waals surface area (Å²) >= 11 is 1.85. The molecule has 0 aliphatic carbocycles. The van der Waals surface area contributed by atoms with Gasteiger partial charge in [0.25, 0.3) is 0 Å². The average Bonchev–Trinajstić information content (AvgIpc) is 3.77. The first kappa shape index (κ1) is 29.5. The van der Waals surface area contributed by atoms with E-state index in [1.807, 2.05) is 17.4 Å². The zero-order valence-corrected chi connectivity index (χ0v) is 28.5. The van der Waals surface area contributed by atoms with Gasteiger partial charge in [-0.05, 0) is 82.4 Å². The van der Waals surface area contributed by atoms with Gasteiger partial charge in [0.2, 0.25) is 0 Å². The topological polar surface area (TPSA) is 16.4 Å². The number of anilines is 3. The highest BCUT2D eigenvalue weighted by atomic mass is 32.1. The van der Waals surface area contributed by atoms with E-state index in [9.17, 15) is 0 Å². The van der Waals surface area contributed by atoms with E-state index in [1.165, 1.54) is 64.3 Å². The fraction of sp³-hybridized carbons (Fsp3) is 0. The second-order valence-corrected chi connectivity index (χ2v) is 14.0. The molecule has 0 radical (unpaired) electrons. The molecule has 51 heavy (non-hydrogen) atoms. The molecule has 10 aromatic rings. The Labute approximate surface area is 300 Å². The van der Waals surface area contributed by atoms with Gasteiger partial charge in [0, 0.05) is 47.9 Å². The summed E-state index contributed by atoms with van der Waals surface area (Å²) in [5.74, 6) is 0. The van der Waals surface area contributed by atoms with Crippen LogP contribution < -0.4 is 4.90 Å². The third-order valence-corrected chi connectivity index (χ3v) is 11.0. The van der Waals surface area contributed by atoms with Crippen molar-refractivity contribution in [3.8, 4) is 33.4 Å². The number of rotatable bonds is 6. The summed E-state index contributed by atoms with van der Waals surface area (Å²) in [6, 6.07) is 67.3. The van der Waals surface area contributed by atoms with Crippen molar-refractivity contribution in [3.05, 3.63) is 188 Å². The zero-order valence-electron chi connectivity index (χ0n) is 27.7. The van der Waals surface area contributed by atoms with Crippen molar-refractivity contribution in [3.63, 3.8) is 0 Å². The van der Waals surface area contributed by atoms with Crippen molar-refractivity contribution in [1.82, 2.24) is 0 Å². The highest BCUT2D eigenvalue weighted by molar-refractivity contribution is 7.26. The van der Waals surface area contributed by atoms with Gasteiger partial charge in [0.1, 0.15) is 11.2 Å². The van der Waals surface area contributed by atoms with Crippen molar-refractivity contribution in [2.75, 3.05) is 4.90 Å². The van der Waals surface area contributed by atoms with Crippen molar-refractivity contribution in [2.24, 2.45) is 0 Å². The molecule has 0 N–H and O–H groups in total. The molecule has 0 unspecified atom stereocenters. The number of thiophene rings is 1. The minimum Gasteiger partial charge on any atom is -0.456 e. The monoisotopic (exact) mass is 669 g/mol. The maximum absolute atomic E-state index is 6.23. The molecule has 0 saturated heterocycles. The predicted octanol–water partition coefficient (Wildman–Crippen LogP) is 14.4. The van der Waals surface area contributed by atoms with Gasteiger partial charge in [-0.1, -0.05) is 133 Å². The van der Waals surface area contributed by atoms with Gasteiger partial charge >= 0.3 is 0 Å². The Morgan fingerprint density at radius 1 is 0.373 bits per heavy atom. The van der Waals surface area contributed by atoms with E-state index in [1.54, 1.807) is 0 Å². The lowest BCUT2D eigenvalue weighted by Gasteiger charge is -2.28. The molecule has 0 amide bonds. The van der Waals surface area contributed by atoms with Crippen molar-refractivity contribution < 1.29 is 4.42 Å². The summed E-state index contributed by atoms with van der Waals surface area (Å²) < 4.78 is 8.78. The van der Waals surface area contributed by atoms with Crippen molar-refractivity contribution in [2.45, 2.75) is 0 Å². The molecule has 0 spiro atoms. The van der Waals surface area contributed by atoms with Crippen LogP contribution in [-0.2, 0) is 0 Å². The molecule has 0 atom stereocenters. The van der Waals surface area contributed by atoms with Gasteiger partial charge in [-0.2, -0.15) is 0 Å². The average molecular weight is 670 g/mol. The molecule has 2 aromatic heterocycles. The highest BCUT2D eigenvalue weighted by Gasteiger charge is 2.18. The van der Waals surface area contributed by atoms with Crippen LogP contribution in [0.2, 0.25) is 0 Å². The van der Waals surface area contributed by atoms with Crippen LogP contribution in [0, 0.1) is 0 Å². The quantitative estimate of drug-likeness (QED) is 0.175. The number of fused-ring (bicyclic) bond motifs is 7. The first-order chi connectivity index (χ1) is 25.3. The lowest BCUT2D eigenvalue weighted by molar-refractivity contribution is 0.669. The fourth-order valence-corrected chi connectivity index (χ4v) is 8.61. The maximum atomic E-state index is 6.23. The SMILES string of the molecule is c1ccc(-c2ccc(N(c3ccc(-c4ccc5c(c4)sc4ccc6oc7ccccc7c6c45)cc3)c3ccccc3-c3ccccc3)cc2)cc1. The van der Waals surface area contributed by atoms with Gasteiger partial charge in [-0.25, -0.2) is 0 Å². The minimum atomic E-state index is 0.934. The number of benzene rings is 8. The summed E-state index contributed by atoms with van der Waals surface area (Å²) in [5, 5.41) is 4.94. The summed E-state index contributed by atoms with van der Waals surface area (Å²) in [6.07, 6.45) is 0. The van der Waals surface area contributed by atoms with Crippen LogP contribution in [0.3, 0.4) is 0 Å². The number of hydrogen-bond acceptors (Lipinski definition) is 3. The molecule has 10 rings (SSSR count). The van der Waals surface area contributed by atoms with Crippen LogP contribution in [0.25, 0.3) is 75.5 Å². The molecular weight excluding hydrogens is 639 g/mol. The Kier molecular flexibility index (Phi) is 7.04. The van der Waals surface area contributed by atoms with Crippen LogP contribution in [0.15, 0.2) is 192 Å². The Balaban J connectivity index is 1.06. The molecule has 0 fully saturated rings. The van der Waals surface area contributed by atoms with Crippen LogP contribution in [-0.4, -0.2) is 0 Å². The Morgan fingerprint density at radius 3 is 1.71 bits per heavy atom. The highest BCUT2D eigenvalue weighted by Crippen LogP contribution is 2.45. The number of nitrogens with zero attached hydrogens (tertiary/aromatic N) is 1. The molecule has 3 heteroatoms. The van der Waals surface area contributed by atoms with E-state index < -0.39 is 0 Å². The van der Waals surface area contributed by atoms with Gasteiger partial charge in [0.15, 0.2) is 0 Å². The zero-order chi connectivity index (χ0) is 33.7. The number of furan rings is 1. The lowest BCUT2D eigenvalue weighted by Crippen LogP contribution is -2.11. The molecule has 0 bridgehead atoms. The predicted molar refractivity (Wildman–Crippen MR) is 218 cm³/mol. The van der Waals surface area contributed by atoms with Crippen molar-refractivity contribution in [1.29, 1.82) is 0 Å². The second kappa shape index (κ2) is 12.2. The third-order valence-electron chi connectivity index (χ3n) is 9.90. The standard InChI is InChI=1S/C48H31NOS/c1-3-11-32(12-4-1)33-19-24-37(25-20-33)49(42-17-9-7-15-39(42)35-13-5-2-6-14-35)38-26-21-34(22-27-38)36-23-28-41-46(31-36)51-45-30-29-44-47(48(41)45)40-16-8-10-18-43(40)50-44/h1-31H. The summed E-state index contributed by atoms with van der Waals surface area (Å²) in [7, 11) is 0. The van der Waals surface area contributed by atoms with E-state index in [-0.39, 0.29) is 0 Å². The van der Waals surface area contributed by atoms with Gasteiger partial charge in [-0.15, -0.1) is 11.3 Å². The summed E-state index contributed by atoms with van der Waals surface area (Å²) in [5.41, 5.74) is 12.4. The summed E-state index contributed by atoms with van der Waals surface area (Å²) in [4.78, 5) is 2.37. The van der Waals surface area contributed by atoms with Gasteiger partial charge in [-0.3, -0.25) is 0 Å². The first-order valence-corrected chi connectivity index (χ1v) is 18.1. The largest absolute Gasteiger partial charge is 0.456 e. The van der Waals surface area contributed by atoms with Crippen LogP contribution >= 0.6 is 11.3 Å². The van der Waals surface area contributed by atoms with Crippen LogP contribution in [0.4, 0.5) is 17.1 Å². The minimum absolute atomic E-state index is 0.934. The molecule has 0 aliphatic rings. The van der Waals surface area contributed by atoms with Crippen LogP contribution in [0.5, 0.6) is 0 Å². The second-order valence-electron chi connectivity index (χ2n) is 12.9. The molecule has 8 aromatic carbocycles. The van der Waals surface area contributed by atoms with Gasteiger partial charge < -0.3 is 9.32 Å². The van der Waals surface area contributed by atoms with E-state index in [0.29, 0.717) is 0 Å². The molecule has 2 nitrogen and oxygen atoms in total. The molecule has 0 aliphatic heterocycles. The van der Waals surface area contributed by atoms with Gasteiger partial charge in [0.05, 0.1) is 5.69 Å². The first-order valence-electron chi connectivity index (χ1n) is 17.3. The number of para-hydroxylation sites is 2. The number of hydrogen-bond donors (Lipinski definition) is 0. The Bertz CT molecular complexity index is 2830.